The van der Waals surface area contributed by atoms with E-state index in [1.54, 1.807) is 31.4 Å². The first-order chi connectivity index (χ1) is 18.4. The van der Waals surface area contributed by atoms with Gasteiger partial charge in [0.05, 0.1) is 6.10 Å². The lowest BCUT2D eigenvalue weighted by Gasteiger charge is -2.49. The van der Waals surface area contributed by atoms with Crippen LogP contribution in [0.1, 0.15) is 64.5 Å². The zero-order valence-electron chi connectivity index (χ0n) is 22.8. The molecule has 2 aliphatic rings. The second-order valence-corrected chi connectivity index (χ2v) is 9.66. The fourth-order valence-electron chi connectivity index (χ4n) is 5.01. The SMILES string of the molecule is COC1CCC(=Cc2ccccc2[C@]2(O)O[C@H](COC(C)=O)[C@@H](OC(C)=O)[C@H](OC(C)=O)[C@H]2OC(C)=O)CC1. The Morgan fingerprint density at radius 3 is 2.08 bits per heavy atom. The molecule has 11 heteroatoms. The molecule has 1 aliphatic carbocycles. The number of esters is 4. The van der Waals surface area contributed by atoms with Gasteiger partial charge in [0.2, 0.25) is 11.9 Å². The number of carbonyl (C=O) groups is 4. The van der Waals surface area contributed by atoms with Gasteiger partial charge in [-0.05, 0) is 31.2 Å². The normalized spacial score (nSPS) is 28.7. The summed E-state index contributed by atoms with van der Waals surface area (Å²) in [7, 11) is 1.69. The molecular formula is C28H36O11. The van der Waals surface area contributed by atoms with Crippen molar-refractivity contribution in [1.82, 2.24) is 0 Å². The van der Waals surface area contributed by atoms with E-state index in [0.717, 1.165) is 52.0 Å². The third-order valence-electron chi connectivity index (χ3n) is 6.67. The average molecular weight is 549 g/mol. The van der Waals surface area contributed by atoms with Gasteiger partial charge in [0.25, 0.3) is 0 Å². The predicted octanol–water partition coefficient (Wildman–Crippen LogP) is 2.56. The van der Waals surface area contributed by atoms with Gasteiger partial charge in [-0.25, -0.2) is 0 Å². The molecule has 0 spiro atoms. The van der Waals surface area contributed by atoms with Crippen molar-refractivity contribution in [2.45, 2.75) is 89.7 Å². The summed E-state index contributed by atoms with van der Waals surface area (Å²) in [4.78, 5) is 48.0. The van der Waals surface area contributed by atoms with Crippen molar-refractivity contribution >= 4 is 30.0 Å². The Balaban J connectivity index is 2.14. The second kappa shape index (κ2) is 13.2. The number of benzene rings is 1. The number of carbonyl (C=O) groups excluding carboxylic acids is 4. The Hall–Kier alpha value is -3.28. The lowest BCUT2D eigenvalue weighted by Crippen LogP contribution is -2.66. The van der Waals surface area contributed by atoms with Crippen molar-refractivity contribution in [2.75, 3.05) is 13.7 Å². The first-order valence-corrected chi connectivity index (χ1v) is 12.8. The highest BCUT2D eigenvalue weighted by molar-refractivity contribution is 5.69. The molecule has 1 aromatic rings. The Kier molecular flexibility index (Phi) is 10.2. The van der Waals surface area contributed by atoms with Crippen LogP contribution in [0.4, 0.5) is 0 Å². The molecule has 0 aromatic heterocycles. The van der Waals surface area contributed by atoms with Gasteiger partial charge in [0, 0.05) is 40.4 Å². The molecular weight excluding hydrogens is 512 g/mol. The van der Waals surface area contributed by atoms with E-state index in [4.69, 9.17) is 28.4 Å². The molecule has 0 radical (unpaired) electrons. The number of ether oxygens (including phenoxy) is 6. The summed E-state index contributed by atoms with van der Waals surface area (Å²) >= 11 is 0. The van der Waals surface area contributed by atoms with Crippen LogP contribution < -0.4 is 0 Å². The number of aliphatic hydroxyl groups is 1. The number of hydrogen-bond acceptors (Lipinski definition) is 11. The maximum Gasteiger partial charge on any atom is 0.303 e. The van der Waals surface area contributed by atoms with Crippen molar-refractivity contribution in [1.29, 1.82) is 0 Å². The van der Waals surface area contributed by atoms with Crippen molar-refractivity contribution in [3.05, 3.63) is 41.0 Å². The standard InChI is InChI=1S/C28H36O11/c1-16(29)35-15-24-25(36-17(2)30)26(37-18(3)31)27(38-19(4)32)28(33,39-24)23-9-7-6-8-21(23)14-20-10-12-22(34-5)13-11-20/h6-9,14,22,24-27,33H,10-13,15H2,1-5H3/t22?,24-,25-,26+,27-,28+/m1/s1. The first kappa shape index (κ1) is 30.3. The smallest absolute Gasteiger partial charge is 0.303 e. The first-order valence-electron chi connectivity index (χ1n) is 12.8. The summed E-state index contributed by atoms with van der Waals surface area (Å²) in [6, 6.07) is 6.83. The molecule has 1 N–H and O–H groups in total. The minimum atomic E-state index is -2.38. The highest BCUT2D eigenvalue weighted by Gasteiger charge is 2.60. The van der Waals surface area contributed by atoms with Crippen LogP contribution in [0, 0.1) is 0 Å². The molecule has 5 atom stereocenters. The van der Waals surface area contributed by atoms with Crippen LogP contribution >= 0.6 is 0 Å². The zero-order valence-corrected chi connectivity index (χ0v) is 22.8. The van der Waals surface area contributed by atoms with E-state index < -0.39 is 60.7 Å². The van der Waals surface area contributed by atoms with Crippen LogP contribution in [0.2, 0.25) is 0 Å². The number of hydrogen-bond donors (Lipinski definition) is 1. The molecule has 1 aliphatic heterocycles. The van der Waals surface area contributed by atoms with E-state index >= 15 is 0 Å². The van der Waals surface area contributed by atoms with Gasteiger partial charge >= 0.3 is 23.9 Å². The molecule has 11 nitrogen and oxygen atoms in total. The minimum absolute atomic E-state index is 0.182. The number of rotatable bonds is 8. The van der Waals surface area contributed by atoms with Crippen LogP contribution in [-0.2, 0) is 53.4 Å². The van der Waals surface area contributed by atoms with E-state index in [2.05, 4.69) is 0 Å². The lowest BCUT2D eigenvalue weighted by atomic mass is 9.84. The topological polar surface area (TPSA) is 144 Å². The summed E-state index contributed by atoms with van der Waals surface area (Å²) in [5.41, 5.74) is 1.94. The largest absolute Gasteiger partial charge is 0.463 e. The summed E-state index contributed by atoms with van der Waals surface area (Å²) < 4.78 is 33.1. The van der Waals surface area contributed by atoms with Crippen LogP contribution in [0.15, 0.2) is 29.8 Å². The van der Waals surface area contributed by atoms with Gasteiger partial charge in [-0.1, -0.05) is 35.9 Å². The quantitative estimate of drug-likeness (QED) is 0.378. The highest BCUT2D eigenvalue weighted by atomic mass is 16.7. The monoisotopic (exact) mass is 548 g/mol. The lowest BCUT2D eigenvalue weighted by molar-refractivity contribution is -0.360. The van der Waals surface area contributed by atoms with Crippen LogP contribution in [0.3, 0.4) is 0 Å². The zero-order chi connectivity index (χ0) is 28.7. The Morgan fingerprint density at radius 1 is 0.923 bits per heavy atom. The van der Waals surface area contributed by atoms with E-state index in [9.17, 15) is 24.3 Å². The molecule has 1 aromatic carbocycles. The van der Waals surface area contributed by atoms with E-state index in [0.29, 0.717) is 5.56 Å². The predicted molar refractivity (Wildman–Crippen MR) is 136 cm³/mol. The molecule has 0 unspecified atom stereocenters. The Labute approximate surface area is 227 Å². The fraction of sp³-hybridized carbons (Fsp3) is 0.571. The molecule has 3 rings (SSSR count). The third-order valence-corrected chi connectivity index (χ3v) is 6.67. The number of methoxy groups -OCH3 is 1. The Morgan fingerprint density at radius 2 is 1.51 bits per heavy atom. The van der Waals surface area contributed by atoms with E-state index in [1.165, 1.54) is 6.92 Å². The molecule has 0 bridgehead atoms. The average Bonchev–Trinajstić information content (AvgIpc) is 2.87. The summed E-state index contributed by atoms with van der Waals surface area (Å²) in [6.45, 7) is 4.12. The van der Waals surface area contributed by atoms with Crippen molar-refractivity contribution in [3.8, 4) is 0 Å². The fourth-order valence-corrected chi connectivity index (χ4v) is 5.01. The minimum Gasteiger partial charge on any atom is -0.463 e. The van der Waals surface area contributed by atoms with Crippen LogP contribution in [0.25, 0.3) is 6.08 Å². The summed E-state index contributed by atoms with van der Waals surface area (Å²) in [5, 5.41) is 12.2. The van der Waals surface area contributed by atoms with Gasteiger partial charge in [-0.3, -0.25) is 19.2 Å². The van der Waals surface area contributed by atoms with Crippen LogP contribution in [0.5, 0.6) is 0 Å². The van der Waals surface area contributed by atoms with Gasteiger partial charge in [-0.2, -0.15) is 0 Å². The van der Waals surface area contributed by atoms with Gasteiger partial charge in [-0.15, -0.1) is 0 Å². The number of allylic oxidation sites excluding steroid dienone is 1. The maximum absolute atomic E-state index is 12.2. The van der Waals surface area contributed by atoms with Gasteiger partial charge < -0.3 is 33.5 Å². The van der Waals surface area contributed by atoms with Crippen LogP contribution in [-0.4, -0.2) is 73.2 Å². The maximum atomic E-state index is 12.2. The molecule has 214 valence electrons. The Bertz CT molecular complexity index is 1090. The summed E-state index contributed by atoms with van der Waals surface area (Å²) in [5.74, 6) is -5.36. The molecule has 1 heterocycles. The highest BCUT2D eigenvalue weighted by Crippen LogP contribution is 2.43. The molecule has 2 fully saturated rings. The van der Waals surface area contributed by atoms with Crippen molar-refractivity contribution in [2.24, 2.45) is 0 Å². The van der Waals surface area contributed by atoms with Gasteiger partial charge in [0.15, 0.2) is 12.2 Å². The molecule has 1 saturated heterocycles. The molecule has 1 saturated carbocycles. The van der Waals surface area contributed by atoms with Crippen molar-refractivity contribution in [3.63, 3.8) is 0 Å². The molecule has 39 heavy (non-hydrogen) atoms. The van der Waals surface area contributed by atoms with Gasteiger partial charge in [0.1, 0.15) is 12.7 Å². The van der Waals surface area contributed by atoms with Crippen molar-refractivity contribution < 1.29 is 52.7 Å². The second-order valence-electron chi connectivity index (χ2n) is 9.66. The van der Waals surface area contributed by atoms with E-state index in [-0.39, 0.29) is 11.7 Å². The summed E-state index contributed by atoms with van der Waals surface area (Å²) in [6.07, 6.45) is -0.378. The molecule has 0 amide bonds. The third kappa shape index (κ3) is 7.65. The van der Waals surface area contributed by atoms with E-state index in [1.807, 2.05) is 6.08 Å².